The topological polar surface area (TPSA) is 104 Å². The van der Waals surface area contributed by atoms with Gasteiger partial charge >= 0.3 is 0 Å². The summed E-state index contributed by atoms with van der Waals surface area (Å²) < 4.78 is 23.0. The van der Waals surface area contributed by atoms with Crippen molar-refractivity contribution in [1.82, 2.24) is 14.9 Å². The van der Waals surface area contributed by atoms with Crippen LogP contribution in [0, 0.1) is 24.7 Å². The normalized spacial score (nSPS) is 10.6. The number of hydrogen-bond acceptors (Lipinski definition) is 9. The number of ether oxygens (including phenoxy) is 4. The number of nitrogens with zero attached hydrogens (tertiary/aromatic N) is 5. The summed E-state index contributed by atoms with van der Waals surface area (Å²) in [7, 11) is 3.09. The molecule has 0 saturated carbocycles. The van der Waals surface area contributed by atoms with Crippen LogP contribution in [0.1, 0.15) is 11.1 Å². The van der Waals surface area contributed by atoms with Crippen LogP contribution < -0.4 is 24.4 Å². The summed E-state index contributed by atoms with van der Waals surface area (Å²) in [5.74, 6) is 7.32. The smallest absolute Gasteiger partial charge is 0.265 e. The largest absolute Gasteiger partial charge is 0.493 e. The van der Waals surface area contributed by atoms with Gasteiger partial charge in [0.2, 0.25) is 0 Å². The summed E-state index contributed by atoms with van der Waals surface area (Å²) >= 11 is 0. The molecule has 0 spiro atoms. The van der Waals surface area contributed by atoms with Gasteiger partial charge in [0, 0.05) is 0 Å². The Morgan fingerprint density at radius 1 is 0.912 bits per heavy atom. The molecule has 0 aliphatic carbocycles. The number of rotatable bonds is 11. The van der Waals surface area contributed by atoms with E-state index in [4.69, 9.17) is 31.8 Å². The van der Waals surface area contributed by atoms with Gasteiger partial charge in [0.1, 0.15) is 19.5 Å². The molecule has 0 atom stereocenters. The Morgan fingerprint density at radius 3 is 2.06 bits per heavy atom. The van der Waals surface area contributed by atoms with Gasteiger partial charge in [-0.05, 0) is 47.5 Å². The predicted molar refractivity (Wildman–Crippen MR) is 129 cm³/mol. The van der Waals surface area contributed by atoms with Gasteiger partial charge in [-0.2, -0.15) is 14.9 Å². The average molecular weight is 458 g/mol. The second kappa shape index (κ2) is 12.2. The number of benzene rings is 2. The summed E-state index contributed by atoms with van der Waals surface area (Å²) in [6.45, 7) is 0.300. The van der Waals surface area contributed by atoms with Gasteiger partial charge in [-0.3, -0.25) is 0 Å². The van der Waals surface area contributed by atoms with Crippen LogP contribution >= 0.6 is 0 Å². The lowest BCUT2D eigenvalue weighted by Gasteiger charge is -2.09. The van der Waals surface area contributed by atoms with Crippen LogP contribution in [0.4, 0.5) is 5.95 Å². The molecular formula is C24H22N6O4. The third-order valence-corrected chi connectivity index (χ3v) is 4.24. The summed E-state index contributed by atoms with van der Waals surface area (Å²) in [4.78, 5) is 0. The monoisotopic (exact) mass is 458 g/mol. The number of hydrogen-bond donors (Lipinski definition) is 1. The molecule has 10 heteroatoms. The number of terminal acetylenes is 2. The van der Waals surface area contributed by atoms with Crippen LogP contribution in [0.3, 0.4) is 0 Å². The van der Waals surface area contributed by atoms with Gasteiger partial charge in [0.15, 0.2) is 23.0 Å². The van der Waals surface area contributed by atoms with Crippen molar-refractivity contribution in [3.8, 4) is 47.7 Å². The Balaban J connectivity index is 1.67. The zero-order chi connectivity index (χ0) is 24.2. The highest BCUT2D eigenvalue weighted by molar-refractivity contribution is 5.82. The Morgan fingerprint density at radius 2 is 1.50 bits per heavy atom. The van der Waals surface area contributed by atoms with E-state index in [0.29, 0.717) is 28.9 Å². The molecule has 0 bridgehead atoms. The molecule has 0 amide bonds. The van der Waals surface area contributed by atoms with Gasteiger partial charge in [-0.15, -0.1) is 23.0 Å². The molecule has 3 aromatic rings. The fourth-order valence-electron chi connectivity index (χ4n) is 2.69. The van der Waals surface area contributed by atoms with E-state index in [9.17, 15) is 0 Å². The summed E-state index contributed by atoms with van der Waals surface area (Å²) in [5.41, 5.74) is 4.34. The fourth-order valence-corrected chi connectivity index (χ4v) is 2.69. The predicted octanol–water partition coefficient (Wildman–Crippen LogP) is 2.65. The molecule has 1 heterocycles. The zero-order valence-corrected chi connectivity index (χ0v) is 18.6. The fraction of sp³-hybridized carbons (Fsp3) is 0.167. The molecule has 3 rings (SSSR count). The molecule has 0 saturated heterocycles. The van der Waals surface area contributed by atoms with Crippen LogP contribution in [-0.4, -0.2) is 54.7 Å². The second-order valence-corrected chi connectivity index (χ2v) is 6.42. The molecule has 0 radical (unpaired) electrons. The maximum absolute atomic E-state index is 5.44. The van der Waals surface area contributed by atoms with E-state index in [1.807, 2.05) is 12.1 Å². The molecule has 10 nitrogen and oxygen atoms in total. The number of methoxy groups -OCH3 is 2. The third kappa shape index (κ3) is 6.28. The molecule has 2 aromatic carbocycles. The molecule has 0 aliphatic rings. The van der Waals surface area contributed by atoms with Gasteiger partial charge in [-0.1, -0.05) is 11.8 Å². The number of hydrazone groups is 1. The number of nitrogens with one attached hydrogen (secondary N) is 1. The zero-order valence-electron chi connectivity index (χ0n) is 18.6. The lowest BCUT2D eigenvalue weighted by Crippen LogP contribution is -2.00. The molecule has 0 unspecified atom stereocenters. The van der Waals surface area contributed by atoms with E-state index in [1.54, 1.807) is 50.9 Å². The van der Waals surface area contributed by atoms with Crippen molar-refractivity contribution >= 4 is 18.4 Å². The Labute approximate surface area is 197 Å². The Bertz CT molecular complexity index is 1250. The van der Waals surface area contributed by atoms with Crippen LogP contribution in [0.25, 0.3) is 0 Å². The third-order valence-electron chi connectivity index (χ3n) is 4.24. The molecular weight excluding hydrogens is 436 g/mol. The summed E-state index contributed by atoms with van der Waals surface area (Å²) in [6, 6.07) is 10.7. The van der Waals surface area contributed by atoms with E-state index >= 15 is 0 Å². The van der Waals surface area contributed by atoms with Crippen LogP contribution in [0.2, 0.25) is 0 Å². The number of anilines is 1. The van der Waals surface area contributed by atoms with E-state index < -0.39 is 0 Å². The first kappa shape index (κ1) is 23.7. The highest BCUT2D eigenvalue weighted by atomic mass is 16.5. The van der Waals surface area contributed by atoms with E-state index in [-0.39, 0.29) is 13.2 Å². The minimum Gasteiger partial charge on any atom is -0.493 e. The van der Waals surface area contributed by atoms with Crippen molar-refractivity contribution in [2.45, 2.75) is 0 Å². The Kier molecular flexibility index (Phi) is 8.48. The standard InChI is InChI=1S/C24H22N6O4/c1-5-11-33-20-9-7-18(13-22(20)31-3)15-25-28-24-29-26-17-30(24)27-16-19-8-10-21(34-12-6-2)23(14-19)32-4/h1-2,7-10,13-17H,11-12H2,3-4H3,(H,28,29)/b25-15+,27-16-. The van der Waals surface area contributed by atoms with Gasteiger partial charge in [0.25, 0.3) is 5.95 Å². The van der Waals surface area contributed by atoms with Crippen molar-refractivity contribution in [3.05, 3.63) is 53.9 Å². The van der Waals surface area contributed by atoms with Gasteiger partial charge in [-0.25, -0.2) is 5.43 Å². The average Bonchev–Trinajstić information content (AvgIpc) is 3.32. The van der Waals surface area contributed by atoms with E-state index in [2.05, 4.69) is 37.7 Å². The van der Waals surface area contributed by atoms with Crippen LogP contribution in [-0.2, 0) is 0 Å². The maximum Gasteiger partial charge on any atom is 0.265 e. The molecule has 1 N–H and O–H groups in total. The molecule has 0 fully saturated rings. The van der Waals surface area contributed by atoms with Crippen molar-refractivity contribution in [2.24, 2.45) is 10.2 Å². The summed E-state index contributed by atoms with van der Waals surface area (Å²) in [6.07, 6.45) is 15.1. The lowest BCUT2D eigenvalue weighted by atomic mass is 10.2. The van der Waals surface area contributed by atoms with Crippen molar-refractivity contribution in [3.63, 3.8) is 0 Å². The first-order valence-electron chi connectivity index (χ1n) is 9.90. The van der Waals surface area contributed by atoms with E-state index in [1.165, 1.54) is 11.0 Å². The number of aromatic nitrogens is 3. The Hall–Kier alpha value is -4.96. The minimum atomic E-state index is 0.149. The van der Waals surface area contributed by atoms with Gasteiger partial charge in [0.05, 0.1) is 26.6 Å². The SMILES string of the molecule is C#CCOc1ccc(/C=N\n2cnnc2N/N=C/c2ccc(OCC#C)c(OC)c2)cc1OC. The van der Waals surface area contributed by atoms with Crippen molar-refractivity contribution < 1.29 is 18.9 Å². The lowest BCUT2D eigenvalue weighted by molar-refractivity contribution is 0.331. The van der Waals surface area contributed by atoms with Crippen molar-refractivity contribution in [2.75, 3.05) is 32.9 Å². The van der Waals surface area contributed by atoms with Crippen molar-refractivity contribution in [1.29, 1.82) is 0 Å². The highest BCUT2D eigenvalue weighted by Crippen LogP contribution is 2.28. The highest BCUT2D eigenvalue weighted by Gasteiger charge is 2.06. The first-order chi connectivity index (χ1) is 16.7. The second-order valence-electron chi connectivity index (χ2n) is 6.42. The van der Waals surface area contributed by atoms with E-state index in [0.717, 1.165) is 11.1 Å². The van der Waals surface area contributed by atoms with Gasteiger partial charge < -0.3 is 18.9 Å². The van der Waals surface area contributed by atoms with Crippen LogP contribution in [0.15, 0.2) is 52.9 Å². The molecule has 34 heavy (non-hydrogen) atoms. The quantitative estimate of drug-likeness (QED) is 0.268. The van der Waals surface area contributed by atoms with Crippen LogP contribution in [0.5, 0.6) is 23.0 Å². The molecule has 1 aromatic heterocycles. The first-order valence-corrected chi connectivity index (χ1v) is 9.90. The summed E-state index contributed by atoms with van der Waals surface area (Å²) in [5, 5.41) is 16.4. The maximum atomic E-state index is 5.44. The molecule has 0 aliphatic heterocycles. The minimum absolute atomic E-state index is 0.149. The molecule has 172 valence electrons.